The van der Waals surface area contributed by atoms with E-state index in [0.29, 0.717) is 5.75 Å². The Morgan fingerprint density at radius 3 is 2.80 bits per heavy atom. The van der Waals surface area contributed by atoms with E-state index in [1.54, 1.807) is 6.92 Å². The second-order valence-corrected chi connectivity index (χ2v) is 4.69. The first-order valence-electron chi connectivity index (χ1n) is 4.48. The zero-order valence-corrected chi connectivity index (χ0v) is 9.94. The highest BCUT2D eigenvalue weighted by atomic mass is 32.2. The molecule has 0 amide bonds. The Labute approximate surface area is 97.3 Å². The van der Waals surface area contributed by atoms with Crippen LogP contribution < -0.4 is 5.32 Å². The van der Waals surface area contributed by atoms with E-state index in [1.165, 1.54) is 11.8 Å². The van der Waals surface area contributed by atoms with Crippen molar-refractivity contribution in [3.63, 3.8) is 0 Å². The van der Waals surface area contributed by atoms with Gasteiger partial charge in [-0.1, -0.05) is 0 Å². The first kappa shape index (κ1) is 12.7. The van der Waals surface area contributed by atoms with Crippen LogP contribution in [0.2, 0.25) is 0 Å². The van der Waals surface area contributed by atoms with Crippen LogP contribution in [-0.4, -0.2) is 46.1 Å². The van der Waals surface area contributed by atoms with Crippen molar-refractivity contribution in [2.75, 3.05) is 18.1 Å². The van der Waals surface area contributed by atoms with Gasteiger partial charge in [0.2, 0.25) is 0 Å². The molecule has 7 heteroatoms. The minimum Gasteiger partial charge on any atom is -0.480 e. The van der Waals surface area contributed by atoms with Crippen LogP contribution in [0.15, 0.2) is 0 Å². The number of carbonyl (C=O) groups excluding carboxylic acids is 1. The Kier molecular flexibility index (Phi) is 4.30. The number of hydrogen-bond acceptors (Lipinski definition) is 6. The fourth-order valence-corrected chi connectivity index (χ4v) is 2.91. The van der Waals surface area contributed by atoms with E-state index >= 15 is 0 Å². The van der Waals surface area contributed by atoms with E-state index in [2.05, 4.69) is 17.9 Å². The minimum atomic E-state index is -1.01. The molecule has 1 heterocycles. The van der Waals surface area contributed by atoms with E-state index in [-0.39, 0.29) is 12.4 Å². The van der Waals surface area contributed by atoms with Crippen LogP contribution in [0, 0.1) is 0 Å². The lowest BCUT2D eigenvalue weighted by molar-refractivity contribution is -0.147. The Hall–Kier alpha value is -0.400. The van der Waals surface area contributed by atoms with Crippen molar-refractivity contribution in [3.8, 4) is 0 Å². The Morgan fingerprint density at radius 2 is 2.40 bits per heavy atom. The van der Waals surface area contributed by atoms with Crippen molar-refractivity contribution in [3.05, 3.63) is 0 Å². The van der Waals surface area contributed by atoms with E-state index in [1.807, 2.05) is 0 Å². The minimum absolute atomic E-state index is 0.209. The van der Waals surface area contributed by atoms with Crippen molar-refractivity contribution in [2.45, 2.75) is 17.8 Å². The number of carboxylic acid groups (broad SMARTS) is 1. The summed E-state index contributed by atoms with van der Waals surface area (Å²) in [5.74, 6) is -0.862. The molecule has 1 aliphatic heterocycles. The molecule has 2 atom stereocenters. The van der Waals surface area contributed by atoms with Gasteiger partial charge in [-0.3, -0.25) is 10.1 Å². The molecule has 1 saturated heterocycles. The number of thiol groups is 1. The van der Waals surface area contributed by atoms with Crippen LogP contribution in [0.5, 0.6) is 0 Å². The van der Waals surface area contributed by atoms with Gasteiger partial charge in [-0.25, -0.2) is 4.79 Å². The number of ether oxygens (including phenoxy) is 1. The summed E-state index contributed by atoms with van der Waals surface area (Å²) in [6, 6.07) is -0.716. The maximum absolute atomic E-state index is 11.6. The van der Waals surface area contributed by atoms with E-state index in [4.69, 9.17) is 9.84 Å². The molecule has 0 unspecified atom stereocenters. The Morgan fingerprint density at radius 1 is 1.73 bits per heavy atom. The van der Waals surface area contributed by atoms with Gasteiger partial charge in [-0.2, -0.15) is 12.6 Å². The lowest BCUT2D eigenvalue weighted by Crippen LogP contribution is -2.52. The molecule has 1 fully saturated rings. The molecular formula is C8H13NO4S2. The summed E-state index contributed by atoms with van der Waals surface area (Å²) in [6.45, 7) is 1.98. The molecule has 2 N–H and O–H groups in total. The zero-order chi connectivity index (χ0) is 11.5. The number of aliphatic carboxylic acids is 1. The smallest absolute Gasteiger partial charge is 0.337 e. The summed E-state index contributed by atoms with van der Waals surface area (Å²) in [5.41, 5.74) is 0. The molecule has 0 aromatic heterocycles. The largest absolute Gasteiger partial charge is 0.480 e. The van der Waals surface area contributed by atoms with Crippen LogP contribution in [0.25, 0.3) is 0 Å². The molecule has 0 bridgehead atoms. The normalized spacial score (nSPS) is 30.1. The van der Waals surface area contributed by atoms with Gasteiger partial charge in [-0.15, -0.1) is 11.8 Å². The first-order valence-corrected chi connectivity index (χ1v) is 6.10. The monoisotopic (exact) mass is 251 g/mol. The quantitative estimate of drug-likeness (QED) is 0.481. The van der Waals surface area contributed by atoms with Gasteiger partial charge in [0.25, 0.3) is 0 Å². The van der Waals surface area contributed by atoms with Crippen LogP contribution >= 0.6 is 24.4 Å². The fourth-order valence-electron chi connectivity index (χ4n) is 1.24. The van der Waals surface area contributed by atoms with Crippen LogP contribution in [0.3, 0.4) is 0 Å². The van der Waals surface area contributed by atoms with E-state index in [9.17, 15) is 9.59 Å². The molecule has 0 saturated carbocycles. The average molecular weight is 251 g/mol. The summed E-state index contributed by atoms with van der Waals surface area (Å²) in [4.78, 5) is 21.3. The molecule has 0 spiro atoms. The summed E-state index contributed by atoms with van der Waals surface area (Å²) in [6.07, 6.45) is 0. The van der Waals surface area contributed by atoms with Crippen molar-refractivity contribution >= 4 is 36.3 Å². The molecular weight excluding hydrogens is 238 g/mol. The second kappa shape index (κ2) is 5.09. The lowest BCUT2D eigenvalue weighted by Gasteiger charge is -2.24. The standard InChI is InChI=1S/C8H13NO4S2/c1-2-13-7(12)8(4-14)9-5(3-15-8)6(10)11/h5,9,14H,2-4H2,1H3,(H,10,11)/t5-,8+/m0/s1. The maximum atomic E-state index is 11.6. The molecule has 86 valence electrons. The van der Waals surface area contributed by atoms with Gasteiger partial charge < -0.3 is 9.84 Å². The van der Waals surface area contributed by atoms with Crippen molar-refractivity contribution in [2.24, 2.45) is 0 Å². The van der Waals surface area contributed by atoms with E-state index in [0.717, 1.165) is 0 Å². The Balaban J connectivity index is 2.72. The van der Waals surface area contributed by atoms with Crippen LogP contribution in [0.4, 0.5) is 0 Å². The zero-order valence-electron chi connectivity index (χ0n) is 8.23. The van der Waals surface area contributed by atoms with Gasteiger partial charge in [0, 0.05) is 11.5 Å². The number of carboxylic acids is 1. The predicted octanol–water partition coefficient (Wildman–Crippen LogP) is -0.0348. The number of thioether (sulfide) groups is 1. The maximum Gasteiger partial charge on any atom is 0.337 e. The molecule has 0 aliphatic carbocycles. The van der Waals surface area contributed by atoms with Gasteiger partial charge in [0.1, 0.15) is 6.04 Å². The average Bonchev–Trinajstić information content (AvgIpc) is 2.63. The highest BCUT2D eigenvalue weighted by Gasteiger charge is 2.48. The van der Waals surface area contributed by atoms with Crippen molar-refractivity contribution in [1.82, 2.24) is 5.32 Å². The van der Waals surface area contributed by atoms with Gasteiger partial charge in [0.05, 0.1) is 6.61 Å². The highest BCUT2D eigenvalue weighted by Crippen LogP contribution is 2.32. The van der Waals surface area contributed by atoms with Gasteiger partial charge in [-0.05, 0) is 6.92 Å². The molecule has 0 radical (unpaired) electrons. The number of esters is 1. The second-order valence-electron chi connectivity index (χ2n) is 3.05. The highest BCUT2D eigenvalue weighted by molar-refractivity contribution is 8.02. The van der Waals surface area contributed by atoms with Crippen LogP contribution in [-0.2, 0) is 14.3 Å². The topological polar surface area (TPSA) is 75.6 Å². The lowest BCUT2D eigenvalue weighted by atomic mass is 10.2. The predicted molar refractivity (Wildman–Crippen MR) is 60.2 cm³/mol. The third-order valence-corrected chi connectivity index (χ3v) is 4.14. The SMILES string of the molecule is CCOC(=O)[C@]1(CS)N[C@H](C(=O)O)CS1. The number of rotatable bonds is 4. The summed E-state index contributed by atoms with van der Waals surface area (Å²) in [5, 5.41) is 11.6. The molecule has 15 heavy (non-hydrogen) atoms. The third-order valence-electron chi connectivity index (χ3n) is 2.03. The molecule has 1 rings (SSSR count). The molecule has 0 aromatic rings. The Bertz CT molecular complexity index is 273. The molecule has 0 aromatic carbocycles. The van der Waals surface area contributed by atoms with Gasteiger partial charge >= 0.3 is 11.9 Å². The molecule has 1 aliphatic rings. The number of hydrogen-bond donors (Lipinski definition) is 3. The fraction of sp³-hybridized carbons (Fsp3) is 0.750. The molecule has 5 nitrogen and oxygen atoms in total. The third kappa shape index (κ3) is 2.59. The summed E-state index contributed by atoms with van der Waals surface area (Å²) in [7, 11) is 0. The first-order chi connectivity index (χ1) is 7.05. The van der Waals surface area contributed by atoms with Crippen molar-refractivity contribution < 1.29 is 19.4 Å². The summed E-state index contributed by atoms with van der Waals surface area (Å²) >= 11 is 5.30. The number of carbonyl (C=O) groups is 2. The van der Waals surface area contributed by atoms with Crippen molar-refractivity contribution in [1.29, 1.82) is 0 Å². The van der Waals surface area contributed by atoms with Crippen LogP contribution in [0.1, 0.15) is 6.92 Å². The summed E-state index contributed by atoms with van der Waals surface area (Å²) < 4.78 is 4.88. The number of nitrogens with one attached hydrogen (secondary N) is 1. The van der Waals surface area contributed by atoms with E-state index < -0.39 is 22.9 Å². The van der Waals surface area contributed by atoms with Gasteiger partial charge in [0.15, 0.2) is 4.87 Å².